The van der Waals surface area contributed by atoms with E-state index < -0.39 is 15.8 Å². The lowest BCUT2D eigenvalue weighted by Gasteiger charge is -2.12. The first kappa shape index (κ1) is 13.3. The Labute approximate surface area is 106 Å². The number of nitrogen functional groups attached to an aromatic ring is 1. The Bertz CT molecular complexity index is 525. The first-order valence-electron chi connectivity index (χ1n) is 6.04. The standard InChI is InChI=1S/C12H17FN2O2S/c13-11-6-5-10(14)7-12(11)18(16,17)15-8-9-3-1-2-4-9/h5-7,9,15H,1-4,8,14H2. The van der Waals surface area contributed by atoms with E-state index in [1.165, 1.54) is 6.07 Å². The summed E-state index contributed by atoms with van der Waals surface area (Å²) in [6.07, 6.45) is 4.34. The third-order valence-electron chi connectivity index (χ3n) is 3.28. The van der Waals surface area contributed by atoms with Gasteiger partial charge in [-0.25, -0.2) is 17.5 Å². The van der Waals surface area contributed by atoms with Crippen molar-refractivity contribution in [2.45, 2.75) is 30.6 Å². The van der Waals surface area contributed by atoms with Crippen LogP contribution in [0.1, 0.15) is 25.7 Å². The van der Waals surface area contributed by atoms with Crippen LogP contribution in [0.3, 0.4) is 0 Å². The van der Waals surface area contributed by atoms with Gasteiger partial charge in [-0.3, -0.25) is 0 Å². The van der Waals surface area contributed by atoms with Gasteiger partial charge in [0.2, 0.25) is 10.0 Å². The molecule has 0 aliphatic heterocycles. The van der Waals surface area contributed by atoms with Gasteiger partial charge in [-0.15, -0.1) is 0 Å². The van der Waals surface area contributed by atoms with E-state index in [1.807, 2.05) is 0 Å². The van der Waals surface area contributed by atoms with E-state index >= 15 is 0 Å². The minimum Gasteiger partial charge on any atom is -0.399 e. The Balaban J connectivity index is 2.12. The van der Waals surface area contributed by atoms with Gasteiger partial charge in [-0.2, -0.15) is 0 Å². The second-order valence-corrected chi connectivity index (χ2v) is 6.43. The Morgan fingerprint density at radius 3 is 2.67 bits per heavy atom. The lowest BCUT2D eigenvalue weighted by atomic mass is 10.1. The summed E-state index contributed by atoms with van der Waals surface area (Å²) in [6, 6.07) is 3.55. The molecular formula is C12H17FN2O2S. The van der Waals surface area contributed by atoms with Gasteiger partial charge < -0.3 is 5.73 Å². The number of rotatable bonds is 4. The van der Waals surface area contributed by atoms with Crippen molar-refractivity contribution in [3.63, 3.8) is 0 Å². The van der Waals surface area contributed by atoms with Crippen LogP contribution in [0.25, 0.3) is 0 Å². The van der Waals surface area contributed by atoms with Crippen molar-refractivity contribution in [1.29, 1.82) is 0 Å². The molecule has 0 spiro atoms. The van der Waals surface area contributed by atoms with Crippen LogP contribution in [-0.2, 0) is 10.0 Å². The number of sulfonamides is 1. The normalized spacial score (nSPS) is 17.2. The van der Waals surface area contributed by atoms with Crippen LogP contribution in [0.5, 0.6) is 0 Å². The zero-order valence-electron chi connectivity index (χ0n) is 10.0. The van der Waals surface area contributed by atoms with Crippen LogP contribution in [0.4, 0.5) is 10.1 Å². The minimum atomic E-state index is -3.81. The summed E-state index contributed by atoms with van der Waals surface area (Å²) in [5, 5.41) is 0. The Morgan fingerprint density at radius 2 is 2.00 bits per heavy atom. The fourth-order valence-electron chi connectivity index (χ4n) is 2.25. The Kier molecular flexibility index (Phi) is 3.87. The van der Waals surface area contributed by atoms with Gasteiger partial charge in [0.1, 0.15) is 10.7 Å². The average molecular weight is 272 g/mol. The number of halogens is 1. The van der Waals surface area contributed by atoms with Crippen molar-refractivity contribution in [3.05, 3.63) is 24.0 Å². The smallest absolute Gasteiger partial charge is 0.243 e. The summed E-state index contributed by atoms with van der Waals surface area (Å²) in [4.78, 5) is -0.375. The van der Waals surface area contributed by atoms with E-state index in [2.05, 4.69) is 4.72 Å². The van der Waals surface area contributed by atoms with Crippen LogP contribution in [-0.4, -0.2) is 15.0 Å². The Morgan fingerprint density at radius 1 is 1.33 bits per heavy atom. The van der Waals surface area contributed by atoms with Crippen molar-refractivity contribution in [1.82, 2.24) is 4.72 Å². The molecule has 0 heterocycles. The molecule has 0 bridgehead atoms. The van der Waals surface area contributed by atoms with Gasteiger partial charge in [-0.05, 0) is 37.0 Å². The highest BCUT2D eigenvalue weighted by molar-refractivity contribution is 7.89. The molecule has 0 amide bonds. The largest absolute Gasteiger partial charge is 0.399 e. The molecule has 0 radical (unpaired) electrons. The van der Waals surface area contributed by atoms with Crippen LogP contribution < -0.4 is 10.5 Å². The maximum absolute atomic E-state index is 13.5. The zero-order chi connectivity index (χ0) is 13.2. The lowest BCUT2D eigenvalue weighted by Crippen LogP contribution is -2.29. The molecule has 3 N–H and O–H groups in total. The van der Waals surface area contributed by atoms with E-state index in [0.717, 1.165) is 37.8 Å². The molecule has 1 aliphatic carbocycles. The number of benzene rings is 1. The quantitative estimate of drug-likeness (QED) is 0.822. The zero-order valence-corrected chi connectivity index (χ0v) is 10.8. The first-order chi connectivity index (χ1) is 8.49. The molecule has 0 saturated heterocycles. The highest BCUT2D eigenvalue weighted by atomic mass is 32.2. The van der Waals surface area contributed by atoms with E-state index in [-0.39, 0.29) is 10.6 Å². The lowest BCUT2D eigenvalue weighted by molar-refractivity contribution is 0.514. The second kappa shape index (κ2) is 5.24. The SMILES string of the molecule is Nc1ccc(F)c(S(=O)(=O)NCC2CCCC2)c1. The van der Waals surface area contributed by atoms with Gasteiger partial charge >= 0.3 is 0 Å². The molecule has 2 rings (SSSR count). The summed E-state index contributed by atoms with van der Waals surface area (Å²) in [7, 11) is -3.81. The monoisotopic (exact) mass is 272 g/mol. The van der Waals surface area contributed by atoms with E-state index in [4.69, 9.17) is 5.73 Å². The topological polar surface area (TPSA) is 72.2 Å². The summed E-state index contributed by atoms with van der Waals surface area (Å²) in [5.74, 6) is -0.410. The first-order valence-corrected chi connectivity index (χ1v) is 7.52. The fourth-order valence-corrected chi connectivity index (χ4v) is 3.47. The van der Waals surface area contributed by atoms with E-state index in [1.54, 1.807) is 0 Å². The summed E-state index contributed by atoms with van der Waals surface area (Å²) in [5.41, 5.74) is 5.72. The molecule has 0 aromatic heterocycles. The van der Waals surface area contributed by atoms with E-state index in [0.29, 0.717) is 12.5 Å². The summed E-state index contributed by atoms with van der Waals surface area (Å²) in [6.45, 7) is 0.372. The number of anilines is 1. The highest BCUT2D eigenvalue weighted by Gasteiger charge is 2.22. The number of hydrogen-bond acceptors (Lipinski definition) is 3. The molecule has 18 heavy (non-hydrogen) atoms. The van der Waals surface area contributed by atoms with Crippen LogP contribution in [0.2, 0.25) is 0 Å². The van der Waals surface area contributed by atoms with Gasteiger partial charge in [-0.1, -0.05) is 12.8 Å². The fraction of sp³-hybridized carbons (Fsp3) is 0.500. The molecule has 0 unspecified atom stereocenters. The minimum absolute atomic E-state index is 0.234. The van der Waals surface area contributed by atoms with Gasteiger partial charge in [0.25, 0.3) is 0 Å². The van der Waals surface area contributed by atoms with Gasteiger partial charge in [0, 0.05) is 12.2 Å². The van der Waals surface area contributed by atoms with Crippen molar-refractivity contribution >= 4 is 15.7 Å². The van der Waals surface area contributed by atoms with Crippen molar-refractivity contribution in [2.75, 3.05) is 12.3 Å². The molecule has 4 nitrogen and oxygen atoms in total. The van der Waals surface area contributed by atoms with Crippen LogP contribution >= 0.6 is 0 Å². The predicted octanol–water partition coefficient (Wildman–Crippen LogP) is 1.88. The maximum Gasteiger partial charge on any atom is 0.243 e. The molecule has 1 aromatic rings. The number of nitrogens with one attached hydrogen (secondary N) is 1. The van der Waals surface area contributed by atoms with E-state index in [9.17, 15) is 12.8 Å². The number of hydrogen-bond donors (Lipinski definition) is 2. The summed E-state index contributed by atoms with van der Waals surface area (Å²) < 4.78 is 39.9. The maximum atomic E-state index is 13.5. The third kappa shape index (κ3) is 3.00. The number of nitrogens with two attached hydrogens (primary N) is 1. The van der Waals surface area contributed by atoms with Gasteiger partial charge in [0.05, 0.1) is 0 Å². The molecule has 1 saturated carbocycles. The third-order valence-corrected chi connectivity index (χ3v) is 4.72. The molecule has 1 fully saturated rings. The molecule has 1 aliphatic rings. The van der Waals surface area contributed by atoms with Crippen LogP contribution in [0.15, 0.2) is 23.1 Å². The molecular weight excluding hydrogens is 255 g/mol. The highest BCUT2D eigenvalue weighted by Crippen LogP contribution is 2.24. The Hall–Kier alpha value is -1.14. The molecule has 0 atom stereocenters. The van der Waals surface area contributed by atoms with Crippen LogP contribution in [0, 0.1) is 11.7 Å². The molecule has 1 aromatic carbocycles. The molecule has 6 heteroatoms. The summed E-state index contributed by atoms with van der Waals surface area (Å²) >= 11 is 0. The molecule has 100 valence electrons. The average Bonchev–Trinajstić information content (AvgIpc) is 2.83. The van der Waals surface area contributed by atoms with Crippen molar-refractivity contribution in [3.8, 4) is 0 Å². The van der Waals surface area contributed by atoms with Crippen molar-refractivity contribution in [2.24, 2.45) is 5.92 Å². The van der Waals surface area contributed by atoms with Crippen molar-refractivity contribution < 1.29 is 12.8 Å². The predicted molar refractivity (Wildman–Crippen MR) is 68.0 cm³/mol. The van der Waals surface area contributed by atoms with Gasteiger partial charge in [0.15, 0.2) is 0 Å². The second-order valence-electron chi connectivity index (χ2n) is 4.69.